The van der Waals surface area contributed by atoms with Crippen LogP contribution < -0.4 is 0 Å². The second-order valence-electron chi connectivity index (χ2n) is 6.56. The summed E-state index contributed by atoms with van der Waals surface area (Å²) >= 11 is 0. The monoisotopic (exact) mass is 404 g/mol. The average molecular weight is 404 g/mol. The molecule has 0 unspecified atom stereocenters. The third kappa shape index (κ3) is 4.59. The second-order valence-corrected chi connectivity index (χ2v) is 6.56. The maximum Gasteiger partial charge on any atom is 0.416 e. The minimum atomic E-state index is -4.39. The van der Waals surface area contributed by atoms with Gasteiger partial charge in [-0.05, 0) is 48.9 Å². The van der Waals surface area contributed by atoms with Gasteiger partial charge in [0.25, 0.3) is 5.91 Å². The van der Waals surface area contributed by atoms with Crippen LogP contribution in [-0.2, 0) is 17.5 Å². The molecule has 0 radical (unpaired) electrons. The van der Waals surface area contributed by atoms with E-state index in [1.807, 2.05) is 0 Å². The topological polar surface area (TPSA) is 62.4 Å². The van der Waals surface area contributed by atoms with Gasteiger partial charge in [0, 0.05) is 30.1 Å². The quantitative estimate of drug-likeness (QED) is 0.631. The number of amides is 1. The fourth-order valence-corrected chi connectivity index (χ4v) is 2.95. The van der Waals surface area contributed by atoms with Crippen LogP contribution in [0.4, 0.5) is 13.2 Å². The number of carbonyl (C=O) groups excluding carboxylic acids is 2. The largest absolute Gasteiger partial charge is 0.461 e. The van der Waals surface area contributed by atoms with E-state index < -0.39 is 17.7 Å². The molecule has 0 aliphatic heterocycles. The zero-order valence-electron chi connectivity index (χ0n) is 15.8. The Morgan fingerprint density at radius 2 is 1.76 bits per heavy atom. The van der Waals surface area contributed by atoms with Crippen molar-refractivity contribution in [2.75, 3.05) is 13.7 Å². The summed E-state index contributed by atoms with van der Waals surface area (Å²) in [5.41, 5.74) is 1.24. The number of nitrogens with one attached hydrogen (secondary N) is 1. The summed E-state index contributed by atoms with van der Waals surface area (Å²) in [6.45, 7) is 2.13. The maximum atomic E-state index is 12.7. The van der Waals surface area contributed by atoms with E-state index in [1.165, 1.54) is 17.0 Å². The van der Waals surface area contributed by atoms with Gasteiger partial charge in [-0.15, -0.1) is 0 Å². The maximum absolute atomic E-state index is 12.7. The third-order valence-electron chi connectivity index (χ3n) is 4.41. The first-order valence-electron chi connectivity index (χ1n) is 8.90. The first-order chi connectivity index (χ1) is 13.7. The minimum Gasteiger partial charge on any atom is -0.461 e. The molecule has 0 bridgehead atoms. The third-order valence-corrected chi connectivity index (χ3v) is 4.41. The van der Waals surface area contributed by atoms with E-state index in [-0.39, 0.29) is 19.1 Å². The summed E-state index contributed by atoms with van der Waals surface area (Å²) < 4.78 is 42.9. The van der Waals surface area contributed by atoms with E-state index in [1.54, 1.807) is 38.2 Å². The molecule has 29 heavy (non-hydrogen) atoms. The number of hydrogen-bond acceptors (Lipinski definition) is 3. The van der Waals surface area contributed by atoms with Crippen LogP contribution in [-0.4, -0.2) is 35.4 Å². The number of halogens is 3. The molecule has 0 aliphatic carbocycles. The predicted octanol–water partition coefficient (Wildman–Crippen LogP) is 4.64. The molecule has 1 aromatic heterocycles. The van der Waals surface area contributed by atoms with Crippen molar-refractivity contribution < 1.29 is 27.5 Å². The Morgan fingerprint density at radius 3 is 2.38 bits per heavy atom. The van der Waals surface area contributed by atoms with Gasteiger partial charge in [0.2, 0.25) is 0 Å². The van der Waals surface area contributed by atoms with E-state index in [9.17, 15) is 22.8 Å². The van der Waals surface area contributed by atoms with Gasteiger partial charge in [0.15, 0.2) is 0 Å². The van der Waals surface area contributed by atoms with Crippen molar-refractivity contribution in [1.29, 1.82) is 0 Å². The van der Waals surface area contributed by atoms with E-state index in [0.717, 1.165) is 12.1 Å². The van der Waals surface area contributed by atoms with Gasteiger partial charge in [-0.3, -0.25) is 4.79 Å². The second kappa shape index (κ2) is 7.98. The summed E-state index contributed by atoms with van der Waals surface area (Å²) in [6.07, 6.45) is -4.39. The van der Waals surface area contributed by atoms with Crippen LogP contribution >= 0.6 is 0 Å². The molecular formula is C21H19F3N2O3. The summed E-state index contributed by atoms with van der Waals surface area (Å²) in [7, 11) is 1.57. The molecule has 0 saturated heterocycles. The number of esters is 1. The zero-order valence-corrected chi connectivity index (χ0v) is 15.8. The van der Waals surface area contributed by atoms with Crippen LogP contribution in [0.1, 0.15) is 38.9 Å². The standard InChI is InChI=1S/C21H19F3N2O3/c1-3-29-20(28)18-11-15-10-14(6-9-17(15)25-18)19(27)26(2)12-13-4-7-16(8-5-13)21(22,23)24/h4-11,25H,3,12H2,1-2H3. The molecule has 152 valence electrons. The smallest absolute Gasteiger partial charge is 0.416 e. The number of benzene rings is 2. The van der Waals surface area contributed by atoms with Crippen LogP contribution in [0.2, 0.25) is 0 Å². The number of fused-ring (bicyclic) bond motifs is 1. The van der Waals surface area contributed by atoms with Gasteiger partial charge in [0.1, 0.15) is 5.69 Å². The normalized spacial score (nSPS) is 11.5. The Labute approximate surface area is 165 Å². The van der Waals surface area contributed by atoms with Crippen molar-refractivity contribution in [3.8, 4) is 0 Å². The van der Waals surface area contributed by atoms with Crippen molar-refractivity contribution in [2.45, 2.75) is 19.6 Å². The highest BCUT2D eigenvalue weighted by Gasteiger charge is 2.30. The number of aromatic nitrogens is 1. The van der Waals surface area contributed by atoms with Gasteiger partial charge in [-0.25, -0.2) is 4.79 Å². The molecule has 1 heterocycles. The predicted molar refractivity (Wildman–Crippen MR) is 101 cm³/mol. The lowest BCUT2D eigenvalue weighted by atomic mass is 10.1. The Kier molecular flexibility index (Phi) is 5.63. The first kappa shape index (κ1) is 20.4. The number of rotatable bonds is 5. The lowest BCUT2D eigenvalue weighted by molar-refractivity contribution is -0.137. The highest BCUT2D eigenvalue weighted by molar-refractivity contribution is 6.00. The molecule has 1 N–H and O–H groups in total. The SMILES string of the molecule is CCOC(=O)c1cc2cc(C(=O)N(C)Cc3ccc(C(F)(F)F)cc3)ccc2[nH]1. The van der Waals surface area contributed by atoms with Crippen molar-refractivity contribution in [1.82, 2.24) is 9.88 Å². The van der Waals surface area contributed by atoms with Crippen molar-refractivity contribution in [3.63, 3.8) is 0 Å². The number of hydrogen-bond donors (Lipinski definition) is 1. The van der Waals surface area contributed by atoms with Crippen LogP contribution in [0.5, 0.6) is 0 Å². The number of aromatic amines is 1. The lowest BCUT2D eigenvalue weighted by Gasteiger charge is -2.18. The van der Waals surface area contributed by atoms with Crippen molar-refractivity contribution in [3.05, 3.63) is 70.9 Å². The fraction of sp³-hybridized carbons (Fsp3) is 0.238. The molecule has 0 saturated carbocycles. The molecular weight excluding hydrogens is 385 g/mol. The van der Waals surface area contributed by atoms with E-state index in [0.29, 0.717) is 27.7 Å². The Bertz CT molecular complexity index is 1040. The summed E-state index contributed by atoms with van der Waals surface area (Å²) in [5, 5.41) is 0.682. The minimum absolute atomic E-state index is 0.163. The van der Waals surface area contributed by atoms with E-state index in [2.05, 4.69) is 4.98 Å². The van der Waals surface area contributed by atoms with Gasteiger partial charge in [0.05, 0.1) is 12.2 Å². The molecule has 0 spiro atoms. The summed E-state index contributed by atoms with van der Waals surface area (Å²) in [6, 6.07) is 11.3. The van der Waals surface area contributed by atoms with Gasteiger partial charge in [-0.2, -0.15) is 13.2 Å². The summed E-state index contributed by atoms with van der Waals surface area (Å²) in [5.74, 6) is -0.762. The molecule has 3 rings (SSSR count). The molecule has 0 aliphatic rings. The fourth-order valence-electron chi connectivity index (χ4n) is 2.95. The highest BCUT2D eigenvalue weighted by atomic mass is 19.4. The molecule has 8 heteroatoms. The molecule has 1 amide bonds. The number of H-pyrrole nitrogens is 1. The van der Waals surface area contributed by atoms with E-state index in [4.69, 9.17) is 4.74 Å². The van der Waals surface area contributed by atoms with Crippen molar-refractivity contribution >= 4 is 22.8 Å². The lowest BCUT2D eigenvalue weighted by Crippen LogP contribution is -2.26. The molecule has 3 aromatic rings. The van der Waals surface area contributed by atoms with Crippen LogP contribution in [0.3, 0.4) is 0 Å². The highest BCUT2D eigenvalue weighted by Crippen LogP contribution is 2.29. The van der Waals surface area contributed by atoms with Crippen LogP contribution in [0.25, 0.3) is 10.9 Å². The Morgan fingerprint density at radius 1 is 1.07 bits per heavy atom. The van der Waals surface area contributed by atoms with Crippen molar-refractivity contribution in [2.24, 2.45) is 0 Å². The number of carbonyl (C=O) groups is 2. The number of ether oxygens (including phenoxy) is 1. The number of nitrogens with zero attached hydrogens (tertiary/aromatic N) is 1. The first-order valence-corrected chi connectivity index (χ1v) is 8.90. The van der Waals surface area contributed by atoms with Gasteiger partial charge < -0.3 is 14.6 Å². The molecule has 0 fully saturated rings. The zero-order chi connectivity index (χ0) is 21.2. The van der Waals surface area contributed by atoms with Crippen LogP contribution in [0, 0.1) is 0 Å². The van der Waals surface area contributed by atoms with Crippen LogP contribution in [0.15, 0.2) is 48.5 Å². The van der Waals surface area contributed by atoms with Gasteiger partial charge >= 0.3 is 12.1 Å². The molecule has 0 atom stereocenters. The Hall–Kier alpha value is -3.29. The summed E-state index contributed by atoms with van der Waals surface area (Å²) in [4.78, 5) is 28.9. The van der Waals surface area contributed by atoms with E-state index >= 15 is 0 Å². The molecule has 2 aromatic carbocycles. The average Bonchev–Trinajstić information content (AvgIpc) is 3.10. The van der Waals surface area contributed by atoms with Gasteiger partial charge in [-0.1, -0.05) is 12.1 Å². The molecule has 5 nitrogen and oxygen atoms in total. The number of alkyl halides is 3. The Balaban J connectivity index is 1.75.